The molecule has 256 valence electrons. The lowest BCUT2D eigenvalue weighted by Crippen LogP contribution is -2.15. The molecule has 0 fully saturated rings. The molecular weight excluding hydrogens is 654 g/mol. The molecule has 0 radical (unpaired) electrons. The number of carbonyl (C=O) groups is 1. The van der Waals surface area contributed by atoms with E-state index in [-0.39, 0.29) is 17.5 Å². The fraction of sp³-hybridized carbons (Fsp3) is 0.257. The predicted molar refractivity (Wildman–Crippen MR) is 184 cm³/mol. The van der Waals surface area contributed by atoms with Crippen molar-refractivity contribution in [2.75, 3.05) is 29.5 Å². The zero-order valence-corrected chi connectivity index (χ0v) is 27.8. The summed E-state index contributed by atoms with van der Waals surface area (Å²) < 4.78 is 67.7. The number of hydrogen-bond acceptors (Lipinski definition) is 9. The minimum absolute atomic E-state index is 0.0472. The van der Waals surface area contributed by atoms with Crippen LogP contribution in [0.25, 0.3) is 22.0 Å². The monoisotopic (exact) mass is 690 g/mol. The highest BCUT2D eigenvalue weighted by atomic mass is 32.2. The number of benzene rings is 3. The molecule has 3 aromatic carbocycles. The van der Waals surface area contributed by atoms with Gasteiger partial charge in [0.1, 0.15) is 39.8 Å². The Balaban J connectivity index is 1.24. The molecule has 0 aliphatic heterocycles. The van der Waals surface area contributed by atoms with E-state index >= 15 is 0 Å². The van der Waals surface area contributed by atoms with Gasteiger partial charge < -0.3 is 20.5 Å². The highest BCUT2D eigenvalue weighted by molar-refractivity contribution is 7.92. The average molecular weight is 691 g/mol. The van der Waals surface area contributed by atoms with Gasteiger partial charge in [-0.3, -0.25) is 9.52 Å². The van der Waals surface area contributed by atoms with Gasteiger partial charge in [-0.2, -0.15) is 0 Å². The molecule has 0 spiro atoms. The SMILES string of the molecule is COc1ncc(-c2cc(OCCCCCCCC(=O)Nc3ccccc3N)c3ncnc(C)c3c2)cc1NS(=O)(=O)c1ccc(F)cc1F. The van der Waals surface area contributed by atoms with Crippen LogP contribution >= 0.6 is 0 Å². The molecule has 2 aromatic heterocycles. The maximum absolute atomic E-state index is 14.4. The van der Waals surface area contributed by atoms with Crippen LogP contribution in [-0.4, -0.2) is 43.0 Å². The first-order chi connectivity index (χ1) is 23.6. The van der Waals surface area contributed by atoms with Gasteiger partial charge in [0.2, 0.25) is 11.8 Å². The maximum Gasteiger partial charge on any atom is 0.264 e. The Labute approximate surface area is 283 Å². The Morgan fingerprint density at radius 2 is 1.67 bits per heavy atom. The topological polar surface area (TPSA) is 158 Å². The number of nitrogens with zero attached hydrogens (tertiary/aromatic N) is 3. The maximum atomic E-state index is 14.4. The standard InChI is InChI=1S/C35H36F2N6O5S/c1-22-26-16-23(24-17-30(35(47-2)39-20-24)43-49(45,46)32-14-13-25(36)19-27(32)37)18-31(34(26)41-21-40-22)48-15-9-5-3-4-6-12-33(44)42-29-11-8-7-10-28(29)38/h7-8,10-11,13-14,16-21,43H,3-6,9,12,15,38H2,1-2H3,(H,42,44). The summed E-state index contributed by atoms with van der Waals surface area (Å²) in [7, 11) is -3.15. The number of halogens is 2. The number of ether oxygens (including phenoxy) is 2. The van der Waals surface area contributed by atoms with Crippen molar-refractivity contribution >= 4 is 43.9 Å². The molecule has 0 saturated heterocycles. The van der Waals surface area contributed by atoms with Gasteiger partial charge in [0.15, 0.2) is 0 Å². The number of nitrogen functional groups attached to an aromatic ring is 1. The van der Waals surface area contributed by atoms with E-state index in [2.05, 4.69) is 25.0 Å². The smallest absolute Gasteiger partial charge is 0.264 e. The summed E-state index contributed by atoms with van der Waals surface area (Å²) in [5.74, 6) is -1.74. The van der Waals surface area contributed by atoms with Gasteiger partial charge in [-0.05, 0) is 67.8 Å². The second kappa shape index (κ2) is 15.7. The molecule has 0 unspecified atom stereocenters. The molecule has 0 bridgehead atoms. The highest BCUT2D eigenvalue weighted by Gasteiger charge is 2.23. The summed E-state index contributed by atoms with van der Waals surface area (Å²) in [6.45, 7) is 2.26. The summed E-state index contributed by atoms with van der Waals surface area (Å²) in [5, 5.41) is 3.58. The van der Waals surface area contributed by atoms with Crippen molar-refractivity contribution in [3.63, 3.8) is 0 Å². The molecule has 49 heavy (non-hydrogen) atoms. The van der Waals surface area contributed by atoms with E-state index in [1.807, 2.05) is 25.1 Å². The first kappa shape index (κ1) is 35.0. The Hall–Kier alpha value is -5.37. The number of fused-ring (bicyclic) bond motifs is 1. The number of pyridine rings is 1. The van der Waals surface area contributed by atoms with E-state index in [0.29, 0.717) is 58.6 Å². The number of unbranched alkanes of at least 4 members (excludes halogenated alkanes) is 4. The number of rotatable bonds is 15. The number of sulfonamides is 1. The third-order valence-electron chi connectivity index (χ3n) is 7.75. The van der Waals surface area contributed by atoms with Crippen LogP contribution in [0.15, 0.2) is 78.1 Å². The van der Waals surface area contributed by atoms with Crippen molar-refractivity contribution < 1.29 is 31.5 Å². The van der Waals surface area contributed by atoms with Gasteiger partial charge in [-0.25, -0.2) is 32.2 Å². The number of nitrogens with one attached hydrogen (secondary N) is 2. The highest BCUT2D eigenvalue weighted by Crippen LogP contribution is 2.36. The molecular formula is C35H36F2N6O5S. The molecule has 0 atom stereocenters. The van der Waals surface area contributed by atoms with Crippen molar-refractivity contribution in [1.82, 2.24) is 15.0 Å². The van der Waals surface area contributed by atoms with Gasteiger partial charge in [0.05, 0.1) is 25.1 Å². The number of aryl methyl sites for hydroxylation is 1. The summed E-state index contributed by atoms with van der Waals surface area (Å²) in [4.78, 5) is 24.5. The second-order valence-electron chi connectivity index (χ2n) is 11.3. The molecule has 0 aliphatic carbocycles. The zero-order valence-electron chi connectivity index (χ0n) is 27.0. The Morgan fingerprint density at radius 3 is 2.45 bits per heavy atom. The first-order valence-corrected chi connectivity index (χ1v) is 17.1. The van der Waals surface area contributed by atoms with Crippen LogP contribution in [0.2, 0.25) is 0 Å². The van der Waals surface area contributed by atoms with Crippen LogP contribution < -0.4 is 25.2 Å². The molecule has 14 heteroatoms. The lowest BCUT2D eigenvalue weighted by molar-refractivity contribution is -0.116. The number of methoxy groups -OCH3 is 1. The van der Waals surface area contributed by atoms with Crippen molar-refractivity contribution in [3.05, 3.63) is 90.5 Å². The molecule has 2 heterocycles. The molecule has 1 amide bonds. The fourth-order valence-corrected chi connectivity index (χ4v) is 6.31. The number of carbonyl (C=O) groups excluding carboxylic acids is 1. The lowest BCUT2D eigenvalue weighted by Gasteiger charge is -2.15. The van der Waals surface area contributed by atoms with Crippen LogP contribution in [0, 0.1) is 18.6 Å². The van der Waals surface area contributed by atoms with Crippen LogP contribution in [0.1, 0.15) is 44.2 Å². The summed E-state index contributed by atoms with van der Waals surface area (Å²) in [6, 6.07) is 14.5. The molecule has 4 N–H and O–H groups in total. The third kappa shape index (κ3) is 8.76. The van der Waals surface area contributed by atoms with Crippen LogP contribution in [0.4, 0.5) is 25.8 Å². The van der Waals surface area contributed by atoms with Gasteiger partial charge >= 0.3 is 0 Å². The van der Waals surface area contributed by atoms with Crippen molar-refractivity contribution in [2.24, 2.45) is 0 Å². The summed E-state index contributed by atoms with van der Waals surface area (Å²) in [6.07, 6.45) is 7.65. The number of aromatic nitrogens is 3. The van der Waals surface area contributed by atoms with Crippen molar-refractivity contribution in [3.8, 4) is 22.8 Å². The second-order valence-corrected chi connectivity index (χ2v) is 12.9. The Kier molecular flexibility index (Phi) is 11.2. The first-order valence-electron chi connectivity index (χ1n) is 15.6. The van der Waals surface area contributed by atoms with E-state index in [1.165, 1.54) is 25.7 Å². The van der Waals surface area contributed by atoms with Crippen LogP contribution in [-0.2, 0) is 14.8 Å². The summed E-state index contributed by atoms with van der Waals surface area (Å²) in [5.41, 5.74) is 9.47. The predicted octanol–water partition coefficient (Wildman–Crippen LogP) is 7.03. The number of para-hydroxylation sites is 2. The quantitative estimate of drug-likeness (QED) is 0.0775. The zero-order chi connectivity index (χ0) is 35.0. The van der Waals surface area contributed by atoms with Gasteiger partial charge in [0, 0.05) is 35.3 Å². The number of amides is 1. The molecule has 11 nitrogen and oxygen atoms in total. The van der Waals surface area contributed by atoms with E-state index in [9.17, 15) is 22.0 Å². The molecule has 5 aromatic rings. The van der Waals surface area contributed by atoms with E-state index in [1.54, 1.807) is 18.2 Å². The van der Waals surface area contributed by atoms with Gasteiger partial charge in [0.25, 0.3) is 10.0 Å². The summed E-state index contributed by atoms with van der Waals surface area (Å²) >= 11 is 0. The number of hydrogen-bond donors (Lipinski definition) is 3. The minimum Gasteiger partial charge on any atom is -0.491 e. The normalized spacial score (nSPS) is 11.3. The lowest BCUT2D eigenvalue weighted by atomic mass is 10.0. The Morgan fingerprint density at radius 1 is 0.898 bits per heavy atom. The fourth-order valence-electron chi connectivity index (χ4n) is 5.20. The number of nitrogens with two attached hydrogens (primary N) is 1. The number of anilines is 3. The van der Waals surface area contributed by atoms with E-state index in [4.69, 9.17) is 15.2 Å². The molecule has 0 aliphatic rings. The van der Waals surface area contributed by atoms with E-state index in [0.717, 1.165) is 49.6 Å². The van der Waals surface area contributed by atoms with Gasteiger partial charge in [-0.15, -0.1) is 0 Å². The molecule has 0 saturated carbocycles. The Bertz CT molecular complexity index is 2080. The third-order valence-corrected chi connectivity index (χ3v) is 9.15. The van der Waals surface area contributed by atoms with Crippen molar-refractivity contribution in [2.45, 2.75) is 50.3 Å². The van der Waals surface area contributed by atoms with Crippen LogP contribution in [0.3, 0.4) is 0 Å². The largest absolute Gasteiger partial charge is 0.491 e. The van der Waals surface area contributed by atoms with E-state index < -0.39 is 26.6 Å². The molecule has 5 rings (SSSR count). The van der Waals surface area contributed by atoms with Gasteiger partial charge in [-0.1, -0.05) is 31.4 Å². The minimum atomic E-state index is -4.47. The average Bonchev–Trinajstić information content (AvgIpc) is 3.06. The van der Waals surface area contributed by atoms with Crippen molar-refractivity contribution in [1.29, 1.82) is 0 Å². The van der Waals surface area contributed by atoms with Crippen LogP contribution in [0.5, 0.6) is 11.6 Å².